The predicted octanol–water partition coefficient (Wildman–Crippen LogP) is 4.85. The Morgan fingerprint density at radius 3 is 2.53 bits per heavy atom. The lowest BCUT2D eigenvalue weighted by molar-refractivity contribution is -0.133. The molecule has 0 fully saturated rings. The van der Waals surface area contributed by atoms with E-state index in [2.05, 4.69) is 0 Å². The van der Waals surface area contributed by atoms with Gasteiger partial charge in [0.05, 0.1) is 23.7 Å². The van der Waals surface area contributed by atoms with E-state index in [-0.39, 0.29) is 16.5 Å². The zero-order chi connectivity index (χ0) is 22.8. The van der Waals surface area contributed by atoms with Gasteiger partial charge in [-0.1, -0.05) is 53.4 Å². The van der Waals surface area contributed by atoms with E-state index in [1.165, 1.54) is 15.9 Å². The van der Waals surface area contributed by atoms with Crippen LogP contribution >= 0.6 is 35.3 Å². The zero-order valence-electron chi connectivity index (χ0n) is 17.3. The number of hydrogen-bond donors (Lipinski definition) is 1. The van der Waals surface area contributed by atoms with Crippen molar-refractivity contribution >= 4 is 51.6 Å². The van der Waals surface area contributed by atoms with E-state index >= 15 is 0 Å². The number of nitrogens with zero attached hydrogens (tertiary/aromatic N) is 3. The first kappa shape index (κ1) is 22.3. The highest BCUT2D eigenvalue weighted by Crippen LogP contribution is 2.31. The van der Waals surface area contributed by atoms with Crippen molar-refractivity contribution in [3.05, 3.63) is 68.4 Å². The fraction of sp³-hybridized carbons (Fsp3) is 0.182. The molecular formula is C22H19N3O4S3. The van der Waals surface area contributed by atoms with E-state index in [1.54, 1.807) is 4.57 Å². The van der Waals surface area contributed by atoms with Crippen molar-refractivity contribution in [2.75, 3.05) is 12.4 Å². The summed E-state index contributed by atoms with van der Waals surface area (Å²) in [5.41, 5.74) is 2.30. The molecule has 10 heteroatoms. The van der Waals surface area contributed by atoms with Gasteiger partial charge in [-0.2, -0.15) is 0 Å². The van der Waals surface area contributed by atoms with Gasteiger partial charge in [-0.05, 0) is 49.8 Å². The molecular weight excluding hydrogens is 466 g/mol. The van der Waals surface area contributed by atoms with Gasteiger partial charge in [0.25, 0.3) is 5.56 Å². The maximum Gasteiger partial charge on any atom is 0.313 e. The molecule has 2 aromatic heterocycles. The molecule has 2 heterocycles. The molecule has 0 unspecified atom stereocenters. The number of thiazole rings is 1. The second-order valence-electron chi connectivity index (χ2n) is 6.76. The van der Waals surface area contributed by atoms with E-state index in [0.29, 0.717) is 38.0 Å². The molecule has 32 heavy (non-hydrogen) atoms. The molecule has 0 saturated heterocycles. The average molecular weight is 486 g/mol. The van der Waals surface area contributed by atoms with E-state index < -0.39 is 5.97 Å². The number of fused-ring (bicyclic) bond motifs is 1. The first-order valence-electron chi connectivity index (χ1n) is 9.73. The summed E-state index contributed by atoms with van der Waals surface area (Å²) in [4.78, 5) is 29.6. The number of hydrogen-bond acceptors (Lipinski definition) is 7. The molecule has 0 aliphatic carbocycles. The van der Waals surface area contributed by atoms with Crippen LogP contribution in [0, 0.1) is 10.9 Å². The summed E-state index contributed by atoms with van der Waals surface area (Å²) >= 11 is 7.78. The lowest BCUT2D eigenvalue weighted by Gasteiger charge is -2.15. The quantitative estimate of drug-likeness (QED) is 0.227. The molecule has 4 rings (SSSR count). The Bertz CT molecular complexity index is 1440. The number of aliphatic carboxylic acids is 1. The number of para-hydroxylation sites is 3. The van der Waals surface area contributed by atoms with Crippen molar-refractivity contribution in [3.63, 3.8) is 0 Å². The van der Waals surface area contributed by atoms with Crippen LogP contribution in [0.15, 0.2) is 58.5 Å². The minimum atomic E-state index is -0.996. The Kier molecular flexibility index (Phi) is 6.45. The molecule has 0 bridgehead atoms. The third-order valence-electron chi connectivity index (χ3n) is 4.66. The molecule has 2 aromatic carbocycles. The van der Waals surface area contributed by atoms with Gasteiger partial charge in [-0.15, -0.1) is 0 Å². The highest BCUT2D eigenvalue weighted by molar-refractivity contribution is 7.99. The maximum atomic E-state index is 13.6. The number of carboxylic acid groups (broad SMARTS) is 1. The van der Waals surface area contributed by atoms with Gasteiger partial charge in [0.15, 0.2) is 14.8 Å². The van der Waals surface area contributed by atoms with Crippen LogP contribution in [0.4, 0.5) is 0 Å². The number of thioether (sulfide) groups is 1. The summed E-state index contributed by atoms with van der Waals surface area (Å²) in [5, 5.41) is 9.52. The largest absolute Gasteiger partial charge is 0.492 e. The monoisotopic (exact) mass is 485 g/mol. The second kappa shape index (κ2) is 9.27. The Morgan fingerprint density at radius 1 is 1.16 bits per heavy atom. The summed E-state index contributed by atoms with van der Waals surface area (Å²) in [6.45, 7) is 4.25. The molecule has 1 N–H and O–H groups in total. The molecule has 0 amide bonds. The lowest BCUT2D eigenvalue weighted by atomic mass is 10.2. The fourth-order valence-corrected chi connectivity index (χ4v) is 5.32. The van der Waals surface area contributed by atoms with Crippen LogP contribution in [0.2, 0.25) is 0 Å². The highest BCUT2D eigenvalue weighted by atomic mass is 32.2. The smallest absolute Gasteiger partial charge is 0.313 e. The predicted molar refractivity (Wildman–Crippen MR) is 130 cm³/mol. The second-order valence-corrected chi connectivity index (χ2v) is 9.35. The zero-order valence-corrected chi connectivity index (χ0v) is 19.7. The third kappa shape index (κ3) is 4.08. The Morgan fingerprint density at radius 2 is 1.84 bits per heavy atom. The Hall–Kier alpha value is -2.95. The van der Waals surface area contributed by atoms with Gasteiger partial charge in [0.1, 0.15) is 10.4 Å². The van der Waals surface area contributed by atoms with Gasteiger partial charge in [-0.25, -0.2) is 4.98 Å². The molecule has 164 valence electrons. The van der Waals surface area contributed by atoms with E-state index in [9.17, 15) is 14.7 Å². The van der Waals surface area contributed by atoms with E-state index in [4.69, 9.17) is 21.9 Å². The van der Waals surface area contributed by atoms with Crippen molar-refractivity contribution < 1.29 is 14.6 Å². The number of benzene rings is 2. The maximum absolute atomic E-state index is 13.6. The number of rotatable bonds is 7. The minimum Gasteiger partial charge on any atom is -0.492 e. The van der Waals surface area contributed by atoms with Crippen molar-refractivity contribution in [1.82, 2.24) is 14.1 Å². The highest BCUT2D eigenvalue weighted by Gasteiger charge is 2.21. The van der Waals surface area contributed by atoms with E-state index in [0.717, 1.165) is 17.3 Å². The average Bonchev–Trinajstić information content (AvgIpc) is 3.10. The number of aryl methyl sites for hydroxylation is 1. The number of carbonyl (C=O) groups is 1. The first-order valence-corrected chi connectivity index (χ1v) is 11.9. The molecule has 0 spiro atoms. The summed E-state index contributed by atoms with van der Waals surface area (Å²) < 4.78 is 9.79. The van der Waals surface area contributed by atoms with Gasteiger partial charge < -0.3 is 9.84 Å². The molecule has 0 aliphatic rings. The molecule has 4 aromatic rings. The molecule has 0 saturated carbocycles. The van der Waals surface area contributed by atoms with Crippen LogP contribution < -0.4 is 10.3 Å². The van der Waals surface area contributed by atoms with Crippen LogP contribution in [0.25, 0.3) is 21.7 Å². The van der Waals surface area contributed by atoms with Gasteiger partial charge in [0.2, 0.25) is 0 Å². The Labute approximate surface area is 196 Å². The fourth-order valence-electron chi connectivity index (χ4n) is 3.32. The van der Waals surface area contributed by atoms with Crippen LogP contribution in [0.3, 0.4) is 0 Å². The SMILES string of the molecule is CCOc1ccccc1-n1c(=S)sc2c(=O)n(-c3ccccc3C)c(SCC(=O)O)nc21. The summed E-state index contributed by atoms with van der Waals surface area (Å²) in [6.07, 6.45) is 0. The number of carboxylic acids is 1. The van der Waals surface area contributed by atoms with Gasteiger partial charge in [0, 0.05) is 0 Å². The van der Waals surface area contributed by atoms with Crippen LogP contribution in [-0.4, -0.2) is 37.6 Å². The van der Waals surface area contributed by atoms with Crippen LogP contribution in [0.5, 0.6) is 5.75 Å². The first-order chi connectivity index (χ1) is 15.4. The van der Waals surface area contributed by atoms with Crippen molar-refractivity contribution in [1.29, 1.82) is 0 Å². The number of aromatic nitrogens is 3. The van der Waals surface area contributed by atoms with Crippen LogP contribution in [-0.2, 0) is 4.79 Å². The third-order valence-corrected chi connectivity index (χ3v) is 6.94. The lowest BCUT2D eigenvalue weighted by Crippen LogP contribution is -2.22. The normalized spacial score (nSPS) is 11.1. The molecule has 0 atom stereocenters. The molecule has 0 radical (unpaired) electrons. The molecule has 0 aliphatic heterocycles. The van der Waals surface area contributed by atoms with Gasteiger partial charge in [-0.3, -0.25) is 18.7 Å². The number of ether oxygens (including phenoxy) is 1. The van der Waals surface area contributed by atoms with Crippen LogP contribution in [0.1, 0.15) is 12.5 Å². The standard InChI is InChI=1S/C22H19N3O4S3/c1-3-29-16-11-7-6-10-15(16)24-19-18(32-22(24)30)20(28)25(14-9-5-4-8-13(14)2)21(23-19)31-12-17(26)27/h4-11H,3,12H2,1-2H3,(H,26,27). The Balaban J connectivity index is 2.05. The summed E-state index contributed by atoms with van der Waals surface area (Å²) in [5.74, 6) is -0.607. The summed E-state index contributed by atoms with van der Waals surface area (Å²) in [7, 11) is 0. The molecule has 7 nitrogen and oxygen atoms in total. The van der Waals surface area contributed by atoms with Gasteiger partial charge >= 0.3 is 5.97 Å². The van der Waals surface area contributed by atoms with Crippen molar-refractivity contribution in [2.24, 2.45) is 0 Å². The minimum absolute atomic E-state index is 0.232. The topological polar surface area (TPSA) is 86.3 Å². The van der Waals surface area contributed by atoms with Crippen molar-refractivity contribution in [3.8, 4) is 17.1 Å². The van der Waals surface area contributed by atoms with E-state index in [1.807, 2.05) is 62.4 Å². The van der Waals surface area contributed by atoms with Crippen molar-refractivity contribution in [2.45, 2.75) is 19.0 Å². The summed E-state index contributed by atoms with van der Waals surface area (Å²) in [6, 6.07) is 14.8.